The second kappa shape index (κ2) is 9.29. The summed E-state index contributed by atoms with van der Waals surface area (Å²) in [6.45, 7) is 3.93. The number of carbonyl (C=O) groups excluding carboxylic acids is 2. The Morgan fingerprint density at radius 3 is 2.61 bits per heavy atom. The topological polar surface area (TPSA) is 74.8 Å². The molecule has 1 aromatic heterocycles. The maximum Gasteiger partial charge on any atom is 0.251 e. The number of likely N-dealkylation sites (tertiary alicyclic amines) is 1. The molecular weight excluding hydrogens is 416 g/mol. The predicted molar refractivity (Wildman–Crippen MR) is 126 cm³/mol. The Bertz CT molecular complexity index is 1160. The highest BCUT2D eigenvalue weighted by atomic mass is 16.5. The summed E-state index contributed by atoms with van der Waals surface area (Å²) in [4.78, 5) is 34.6. The molecule has 3 aromatic rings. The fourth-order valence-electron chi connectivity index (χ4n) is 4.67. The Labute approximate surface area is 193 Å². The first kappa shape index (κ1) is 21.6. The van der Waals surface area contributed by atoms with Crippen molar-refractivity contribution in [2.45, 2.75) is 12.6 Å². The van der Waals surface area contributed by atoms with E-state index in [0.717, 1.165) is 30.5 Å². The van der Waals surface area contributed by atoms with Crippen LogP contribution >= 0.6 is 0 Å². The summed E-state index contributed by atoms with van der Waals surface area (Å²) in [7, 11) is 1.62. The van der Waals surface area contributed by atoms with E-state index in [4.69, 9.17) is 9.72 Å². The molecule has 2 saturated heterocycles. The molecule has 0 saturated carbocycles. The van der Waals surface area contributed by atoms with Gasteiger partial charge in [0.05, 0.1) is 35.8 Å². The van der Waals surface area contributed by atoms with Crippen molar-refractivity contribution in [3.8, 4) is 0 Å². The van der Waals surface area contributed by atoms with Gasteiger partial charge >= 0.3 is 0 Å². The molecule has 3 heterocycles. The van der Waals surface area contributed by atoms with E-state index >= 15 is 0 Å². The van der Waals surface area contributed by atoms with Crippen molar-refractivity contribution in [1.29, 1.82) is 0 Å². The molecule has 2 amide bonds. The van der Waals surface area contributed by atoms with Gasteiger partial charge in [-0.1, -0.05) is 48.5 Å². The number of ether oxygens (including phenoxy) is 1. The zero-order valence-electron chi connectivity index (χ0n) is 18.7. The summed E-state index contributed by atoms with van der Waals surface area (Å²) in [5, 5.41) is 3.51. The van der Waals surface area contributed by atoms with Gasteiger partial charge in [0.2, 0.25) is 5.91 Å². The number of amides is 2. The van der Waals surface area contributed by atoms with Crippen molar-refractivity contribution in [2.24, 2.45) is 5.92 Å². The van der Waals surface area contributed by atoms with Gasteiger partial charge in [-0.15, -0.1) is 0 Å². The van der Waals surface area contributed by atoms with Crippen LogP contribution in [0.4, 0.5) is 0 Å². The number of hydrogen-bond donors (Lipinski definition) is 1. The minimum atomic E-state index is -0.351. The van der Waals surface area contributed by atoms with E-state index in [1.165, 1.54) is 5.56 Å². The summed E-state index contributed by atoms with van der Waals surface area (Å²) < 4.78 is 5.99. The summed E-state index contributed by atoms with van der Waals surface area (Å²) in [6.07, 6.45) is -0.351. The van der Waals surface area contributed by atoms with Gasteiger partial charge in [0.25, 0.3) is 5.91 Å². The molecule has 2 fully saturated rings. The van der Waals surface area contributed by atoms with Crippen LogP contribution in [-0.4, -0.2) is 66.4 Å². The van der Waals surface area contributed by atoms with E-state index in [1.807, 2.05) is 47.4 Å². The highest BCUT2D eigenvalue weighted by molar-refractivity contribution is 6.06. The minimum Gasteiger partial charge on any atom is -0.368 e. The van der Waals surface area contributed by atoms with Gasteiger partial charge in [-0.05, 0) is 17.7 Å². The molecule has 0 spiro atoms. The second-order valence-electron chi connectivity index (χ2n) is 8.71. The fraction of sp³-hybridized carbons (Fsp3) is 0.346. The van der Waals surface area contributed by atoms with Crippen molar-refractivity contribution in [3.63, 3.8) is 0 Å². The van der Waals surface area contributed by atoms with Crippen LogP contribution < -0.4 is 5.32 Å². The average Bonchev–Trinajstić information content (AvgIpc) is 2.85. The van der Waals surface area contributed by atoms with E-state index in [2.05, 4.69) is 22.3 Å². The van der Waals surface area contributed by atoms with Gasteiger partial charge in [0, 0.05) is 38.6 Å². The Hall–Kier alpha value is -3.29. The Kier molecular flexibility index (Phi) is 6.07. The van der Waals surface area contributed by atoms with Crippen molar-refractivity contribution in [2.75, 3.05) is 39.8 Å². The number of fused-ring (bicyclic) bond motifs is 1. The van der Waals surface area contributed by atoms with E-state index in [0.29, 0.717) is 31.0 Å². The van der Waals surface area contributed by atoms with Crippen LogP contribution in [0.25, 0.3) is 10.9 Å². The van der Waals surface area contributed by atoms with Crippen molar-refractivity contribution in [1.82, 2.24) is 20.1 Å². The molecule has 33 heavy (non-hydrogen) atoms. The molecule has 1 atom stereocenters. The average molecular weight is 445 g/mol. The van der Waals surface area contributed by atoms with Gasteiger partial charge in [-0.25, -0.2) is 4.98 Å². The zero-order chi connectivity index (χ0) is 22.8. The van der Waals surface area contributed by atoms with Crippen LogP contribution in [0.15, 0.2) is 60.7 Å². The summed E-state index contributed by atoms with van der Waals surface area (Å²) >= 11 is 0. The number of morpholine rings is 1. The number of hydrogen-bond acceptors (Lipinski definition) is 5. The number of benzene rings is 2. The summed E-state index contributed by atoms with van der Waals surface area (Å²) in [5.41, 5.74) is 3.27. The lowest BCUT2D eigenvalue weighted by Crippen LogP contribution is -2.56. The smallest absolute Gasteiger partial charge is 0.251 e. The highest BCUT2D eigenvalue weighted by Crippen LogP contribution is 2.28. The van der Waals surface area contributed by atoms with E-state index in [1.54, 1.807) is 13.1 Å². The zero-order valence-corrected chi connectivity index (χ0v) is 18.7. The molecule has 7 heteroatoms. The van der Waals surface area contributed by atoms with Gasteiger partial charge in [-0.2, -0.15) is 0 Å². The molecular formula is C26H28N4O3. The number of para-hydroxylation sites is 1. The van der Waals surface area contributed by atoms with Crippen molar-refractivity contribution in [3.05, 3.63) is 77.5 Å². The number of aromatic nitrogens is 1. The summed E-state index contributed by atoms with van der Waals surface area (Å²) in [5.74, 6) is 0.0462. The SMILES string of the molecule is CNC(=O)c1cc([C@H]2CN(C(=O)C3CN(Cc4ccccc4)C3)CCO2)nc2ccccc12. The third kappa shape index (κ3) is 4.47. The molecule has 7 nitrogen and oxygen atoms in total. The lowest BCUT2D eigenvalue weighted by Gasteiger charge is -2.42. The molecule has 0 aliphatic carbocycles. The number of nitrogens with one attached hydrogen (secondary N) is 1. The molecule has 170 valence electrons. The van der Waals surface area contributed by atoms with Crippen LogP contribution in [0.2, 0.25) is 0 Å². The largest absolute Gasteiger partial charge is 0.368 e. The number of pyridine rings is 1. The highest BCUT2D eigenvalue weighted by Gasteiger charge is 2.37. The van der Waals surface area contributed by atoms with Gasteiger partial charge < -0.3 is 15.0 Å². The Morgan fingerprint density at radius 2 is 1.82 bits per heavy atom. The van der Waals surface area contributed by atoms with E-state index in [9.17, 15) is 9.59 Å². The fourth-order valence-corrected chi connectivity index (χ4v) is 4.67. The maximum absolute atomic E-state index is 13.1. The van der Waals surface area contributed by atoms with E-state index in [-0.39, 0.29) is 23.8 Å². The molecule has 2 aromatic carbocycles. The second-order valence-corrected chi connectivity index (χ2v) is 8.71. The lowest BCUT2D eigenvalue weighted by atomic mass is 9.96. The van der Waals surface area contributed by atoms with Gasteiger partial charge in [0.15, 0.2) is 0 Å². The van der Waals surface area contributed by atoms with Crippen LogP contribution in [-0.2, 0) is 16.1 Å². The van der Waals surface area contributed by atoms with Crippen molar-refractivity contribution >= 4 is 22.7 Å². The van der Waals surface area contributed by atoms with Crippen LogP contribution in [0, 0.1) is 5.92 Å². The monoisotopic (exact) mass is 444 g/mol. The first-order chi connectivity index (χ1) is 16.1. The van der Waals surface area contributed by atoms with Crippen molar-refractivity contribution < 1.29 is 14.3 Å². The van der Waals surface area contributed by atoms with Crippen LogP contribution in [0.3, 0.4) is 0 Å². The molecule has 2 aliphatic heterocycles. The third-order valence-electron chi connectivity index (χ3n) is 6.47. The quantitative estimate of drug-likeness (QED) is 0.655. The first-order valence-electron chi connectivity index (χ1n) is 11.4. The van der Waals surface area contributed by atoms with Gasteiger partial charge in [-0.3, -0.25) is 14.5 Å². The van der Waals surface area contributed by atoms with Gasteiger partial charge in [0.1, 0.15) is 6.10 Å². The molecule has 1 N–H and O–H groups in total. The molecule has 0 radical (unpaired) electrons. The molecule has 0 unspecified atom stereocenters. The maximum atomic E-state index is 13.1. The predicted octanol–water partition coefficient (Wildman–Crippen LogP) is 2.63. The Morgan fingerprint density at radius 1 is 1.06 bits per heavy atom. The van der Waals surface area contributed by atoms with Crippen LogP contribution in [0.1, 0.15) is 27.7 Å². The summed E-state index contributed by atoms with van der Waals surface area (Å²) in [6, 6.07) is 19.7. The normalized spacial score (nSPS) is 19.3. The number of nitrogens with zero attached hydrogens (tertiary/aromatic N) is 3. The van der Waals surface area contributed by atoms with Crippen LogP contribution in [0.5, 0.6) is 0 Å². The molecule has 0 bridgehead atoms. The molecule has 5 rings (SSSR count). The Balaban J connectivity index is 1.27. The number of carbonyl (C=O) groups is 2. The standard InChI is InChI=1S/C26H28N4O3/c1-27-25(31)21-13-23(28-22-10-6-5-9-20(21)22)24-17-30(11-12-33-24)26(32)19-15-29(16-19)14-18-7-3-2-4-8-18/h2-10,13,19,24H,11-12,14-17H2,1H3,(H,27,31)/t24-/m1/s1. The lowest BCUT2D eigenvalue weighted by molar-refractivity contribution is -0.149. The van der Waals surface area contributed by atoms with E-state index < -0.39 is 0 Å². The first-order valence-corrected chi connectivity index (χ1v) is 11.4. The molecule has 2 aliphatic rings. The third-order valence-corrected chi connectivity index (χ3v) is 6.47. The minimum absolute atomic E-state index is 0.0263. The number of rotatable bonds is 5.